The molecule has 148 valence electrons. The van der Waals surface area contributed by atoms with E-state index < -0.39 is 0 Å². The van der Waals surface area contributed by atoms with Gasteiger partial charge in [-0.25, -0.2) is 0 Å². The summed E-state index contributed by atoms with van der Waals surface area (Å²) in [5.74, 6) is 0.935. The second kappa shape index (κ2) is 9.70. The van der Waals surface area contributed by atoms with Gasteiger partial charge in [-0.3, -0.25) is 0 Å². The summed E-state index contributed by atoms with van der Waals surface area (Å²) < 4.78 is 16.8. The number of hydrogen-bond donors (Lipinski definition) is 4. The maximum absolute atomic E-state index is 5.67. The lowest BCUT2D eigenvalue weighted by Gasteiger charge is -2.17. The molecule has 8 N–H and O–H groups in total. The third-order valence-electron chi connectivity index (χ3n) is 3.13. The first-order chi connectivity index (χ1) is 12.8. The molecule has 0 aliphatic carbocycles. The number of nitrogen functional groups attached to an aromatic ring is 4. The molecule has 0 spiro atoms. The first-order valence-electron chi connectivity index (χ1n) is 8.14. The van der Waals surface area contributed by atoms with E-state index in [0.717, 1.165) is 0 Å². The van der Waals surface area contributed by atoms with Gasteiger partial charge in [-0.1, -0.05) is 0 Å². The molecular weight excluding hydrogens is 356 g/mol. The van der Waals surface area contributed by atoms with Crippen molar-refractivity contribution in [1.82, 2.24) is 29.9 Å². The maximum atomic E-state index is 5.67. The summed E-state index contributed by atoms with van der Waals surface area (Å²) in [6.45, 7) is 4.71. The van der Waals surface area contributed by atoms with Gasteiger partial charge in [-0.2, -0.15) is 29.9 Å². The molecule has 2 rings (SSSR count). The van der Waals surface area contributed by atoms with Crippen LogP contribution in [0.15, 0.2) is 0 Å². The topological polar surface area (TPSA) is 209 Å². The van der Waals surface area contributed by atoms with E-state index in [1.807, 2.05) is 13.8 Å². The predicted molar refractivity (Wildman–Crippen MR) is 96.6 cm³/mol. The van der Waals surface area contributed by atoms with Gasteiger partial charge in [-0.15, -0.1) is 0 Å². The van der Waals surface area contributed by atoms with E-state index in [4.69, 9.17) is 37.1 Å². The van der Waals surface area contributed by atoms with E-state index in [2.05, 4.69) is 29.9 Å². The molecule has 0 saturated carbocycles. The number of hydrogen-bond acceptors (Lipinski definition) is 13. The minimum absolute atomic E-state index is 0.0532. The van der Waals surface area contributed by atoms with Crippen LogP contribution in [0.2, 0.25) is 0 Å². The van der Waals surface area contributed by atoms with Gasteiger partial charge in [-0.05, 0) is 13.8 Å². The van der Waals surface area contributed by atoms with E-state index in [1.165, 1.54) is 0 Å². The highest BCUT2D eigenvalue weighted by Crippen LogP contribution is 2.05. The second-order valence-electron chi connectivity index (χ2n) is 5.72. The van der Waals surface area contributed by atoms with Crippen LogP contribution in [-0.4, -0.2) is 55.3 Å². The van der Waals surface area contributed by atoms with Crippen LogP contribution < -0.4 is 22.9 Å². The molecule has 0 aromatic carbocycles. The molecule has 0 saturated heterocycles. The average molecular weight is 380 g/mol. The van der Waals surface area contributed by atoms with Gasteiger partial charge in [0.15, 0.2) is 11.6 Å². The van der Waals surface area contributed by atoms with E-state index in [0.29, 0.717) is 24.9 Å². The fourth-order valence-corrected chi connectivity index (χ4v) is 1.97. The fraction of sp³-hybridized carbons (Fsp3) is 0.571. The molecular formula is C14H24N10O3. The van der Waals surface area contributed by atoms with Gasteiger partial charge in [0.05, 0.1) is 25.4 Å². The third kappa shape index (κ3) is 7.47. The van der Waals surface area contributed by atoms with Crippen molar-refractivity contribution in [3.63, 3.8) is 0 Å². The first-order valence-corrected chi connectivity index (χ1v) is 8.14. The number of nitrogens with zero attached hydrogens (tertiary/aromatic N) is 6. The van der Waals surface area contributed by atoms with E-state index in [-0.39, 0.29) is 49.2 Å². The summed E-state index contributed by atoms with van der Waals surface area (Å²) >= 11 is 0. The minimum Gasteiger partial charge on any atom is -0.373 e. The zero-order valence-electron chi connectivity index (χ0n) is 15.2. The van der Waals surface area contributed by atoms with Crippen LogP contribution >= 0.6 is 0 Å². The van der Waals surface area contributed by atoms with Gasteiger partial charge in [0.2, 0.25) is 23.8 Å². The summed E-state index contributed by atoms with van der Waals surface area (Å²) in [7, 11) is 0. The molecule has 2 aromatic heterocycles. The highest BCUT2D eigenvalue weighted by molar-refractivity contribution is 5.26. The van der Waals surface area contributed by atoms with Gasteiger partial charge in [0, 0.05) is 0 Å². The summed E-state index contributed by atoms with van der Waals surface area (Å²) in [5.41, 5.74) is 22.0. The smallest absolute Gasteiger partial charge is 0.225 e. The lowest BCUT2D eigenvalue weighted by molar-refractivity contribution is -0.0647. The Morgan fingerprint density at radius 1 is 0.630 bits per heavy atom. The van der Waals surface area contributed by atoms with Gasteiger partial charge < -0.3 is 37.1 Å². The summed E-state index contributed by atoms with van der Waals surface area (Å²) in [6.07, 6.45) is -0.370. The Labute approximate surface area is 155 Å². The Hall–Kier alpha value is -2.90. The van der Waals surface area contributed by atoms with Crippen molar-refractivity contribution < 1.29 is 14.2 Å². The largest absolute Gasteiger partial charge is 0.373 e. The third-order valence-corrected chi connectivity index (χ3v) is 3.13. The number of anilines is 4. The zero-order chi connectivity index (χ0) is 19.8. The lowest BCUT2D eigenvalue weighted by Crippen LogP contribution is -2.24. The molecule has 2 aromatic rings. The molecule has 0 bridgehead atoms. The molecule has 0 radical (unpaired) electrons. The Morgan fingerprint density at radius 2 is 1.07 bits per heavy atom. The normalized spacial score (nSPS) is 13.4. The van der Waals surface area contributed by atoms with Gasteiger partial charge in [0.25, 0.3) is 0 Å². The van der Waals surface area contributed by atoms with Crippen LogP contribution in [0.4, 0.5) is 23.8 Å². The Bertz CT molecular complexity index is 707. The lowest BCUT2D eigenvalue weighted by atomic mass is 10.4. The van der Waals surface area contributed by atoms with Crippen molar-refractivity contribution in [2.24, 2.45) is 0 Å². The van der Waals surface area contributed by atoms with Crippen LogP contribution in [0, 0.1) is 0 Å². The van der Waals surface area contributed by atoms with Crippen LogP contribution in [0.1, 0.15) is 25.5 Å². The fourth-order valence-electron chi connectivity index (χ4n) is 1.97. The Balaban J connectivity index is 1.64. The molecule has 0 aliphatic heterocycles. The molecule has 2 unspecified atom stereocenters. The van der Waals surface area contributed by atoms with E-state index >= 15 is 0 Å². The number of aromatic nitrogens is 6. The monoisotopic (exact) mass is 380 g/mol. The molecule has 0 fully saturated rings. The molecule has 2 heterocycles. The van der Waals surface area contributed by atoms with Crippen LogP contribution in [-0.2, 0) is 27.4 Å². The van der Waals surface area contributed by atoms with Crippen LogP contribution in [0.3, 0.4) is 0 Å². The molecule has 13 heteroatoms. The summed E-state index contributed by atoms with van der Waals surface area (Å²) in [4.78, 5) is 23.1. The number of rotatable bonds is 10. The molecule has 27 heavy (non-hydrogen) atoms. The molecule has 13 nitrogen and oxygen atoms in total. The standard InChI is InChI=1S/C14H24N10O3/c1-7(3-25-5-9-19-11(15)23-12(16)20-9)26-4-8(2)27-6-10-21-13(17)24-14(18)22-10/h7-8H,3-6H2,1-2H3,(H4,15,16,19,20,23)(H4,17,18,21,22,24). The maximum Gasteiger partial charge on any atom is 0.225 e. The molecule has 0 amide bonds. The van der Waals surface area contributed by atoms with E-state index in [9.17, 15) is 0 Å². The van der Waals surface area contributed by atoms with Crippen molar-refractivity contribution in [1.29, 1.82) is 0 Å². The average Bonchev–Trinajstić information content (AvgIpc) is 2.56. The van der Waals surface area contributed by atoms with Crippen molar-refractivity contribution >= 4 is 23.8 Å². The molecule has 2 atom stereocenters. The summed E-state index contributed by atoms with van der Waals surface area (Å²) in [6, 6.07) is 0. The summed E-state index contributed by atoms with van der Waals surface area (Å²) in [5, 5.41) is 0. The van der Waals surface area contributed by atoms with E-state index in [1.54, 1.807) is 0 Å². The van der Waals surface area contributed by atoms with Crippen molar-refractivity contribution in [3.05, 3.63) is 11.6 Å². The molecule has 0 aliphatic rings. The number of nitrogens with two attached hydrogens (primary N) is 4. The quantitative estimate of drug-likeness (QED) is 0.386. The SMILES string of the molecule is CC(COCc1nc(N)nc(N)n1)OCC(C)OCc1nc(N)nc(N)n1. The van der Waals surface area contributed by atoms with Crippen LogP contribution in [0.5, 0.6) is 0 Å². The Morgan fingerprint density at radius 3 is 1.59 bits per heavy atom. The predicted octanol–water partition coefficient (Wildman–Crippen LogP) is -1.09. The van der Waals surface area contributed by atoms with Crippen molar-refractivity contribution in [3.8, 4) is 0 Å². The van der Waals surface area contributed by atoms with Crippen LogP contribution in [0.25, 0.3) is 0 Å². The number of ether oxygens (including phenoxy) is 3. The Kier molecular flexibility index (Phi) is 7.34. The zero-order valence-corrected chi connectivity index (χ0v) is 15.2. The van der Waals surface area contributed by atoms with Gasteiger partial charge >= 0.3 is 0 Å². The highest BCUT2D eigenvalue weighted by atomic mass is 16.6. The van der Waals surface area contributed by atoms with Crippen molar-refractivity contribution in [2.45, 2.75) is 39.3 Å². The van der Waals surface area contributed by atoms with Gasteiger partial charge in [0.1, 0.15) is 13.2 Å². The first kappa shape index (κ1) is 20.4. The van der Waals surface area contributed by atoms with Crippen molar-refractivity contribution in [2.75, 3.05) is 36.1 Å². The second-order valence-corrected chi connectivity index (χ2v) is 5.72. The minimum atomic E-state index is -0.199. The highest BCUT2D eigenvalue weighted by Gasteiger charge is 2.10.